The summed E-state index contributed by atoms with van der Waals surface area (Å²) in [4.78, 5) is 0. The van der Waals surface area contributed by atoms with Crippen molar-refractivity contribution in [2.24, 2.45) is 0 Å². The van der Waals surface area contributed by atoms with Gasteiger partial charge in [0.25, 0.3) is 0 Å². The van der Waals surface area contributed by atoms with Crippen LogP contribution in [0.4, 0.5) is 0 Å². The summed E-state index contributed by atoms with van der Waals surface area (Å²) in [5.74, 6) is 1.78. The van der Waals surface area contributed by atoms with Gasteiger partial charge in [-0.1, -0.05) is 0 Å². The van der Waals surface area contributed by atoms with Crippen molar-refractivity contribution in [3.05, 3.63) is 17.7 Å². The van der Waals surface area contributed by atoms with E-state index in [1.807, 2.05) is 6.92 Å². The molecule has 1 aromatic rings. The fraction of sp³-hybridized carbons (Fsp3) is 0.538. The van der Waals surface area contributed by atoms with Gasteiger partial charge in [0.2, 0.25) is 0 Å². The monoisotopic (exact) mass is 240 g/mol. The number of hydrogen-bond acceptors (Lipinski definition) is 4. The molecule has 1 N–H and O–H groups in total. The average molecular weight is 240 g/mol. The summed E-state index contributed by atoms with van der Waals surface area (Å²) in [7, 11) is 3.13. The molecule has 4 heteroatoms. The van der Waals surface area contributed by atoms with Gasteiger partial charge < -0.3 is 19.3 Å². The fourth-order valence-electron chi connectivity index (χ4n) is 1.62. The van der Waals surface area contributed by atoms with Gasteiger partial charge in [-0.05, 0) is 26.8 Å². The van der Waals surface area contributed by atoms with E-state index in [2.05, 4.69) is 0 Å². The van der Waals surface area contributed by atoms with Crippen molar-refractivity contribution in [3.8, 4) is 17.2 Å². The van der Waals surface area contributed by atoms with Crippen LogP contribution in [0.5, 0.6) is 17.2 Å². The van der Waals surface area contributed by atoms with Gasteiger partial charge in [0.15, 0.2) is 11.5 Å². The van der Waals surface area contributed by atoms with Crippen LogP contribution in [0, 0.1) is 0 Å². The van der Waals surface area contributed by atoms with E-state index in [4.69, 9.17) is 14.2 Å². The first-order valence-electron chi connectivity index (χ1n) is 5.55. The highest BCUT2D eigenvalue weighted by molar-refractivity contribution is 5.52. The van der Waals surface area contributed by atoms with Gasteiger partial charge in [-0.3, -0.25) is 0 Å². The molecule has 17 heavy (non-hydrogen) atoms. The van der Waals surface area contributed by atoms with Crippen LogP contribution in [-0.2, 0) is 5.60 Å². The summed E-state index contributed by atoms with van der Waals surface area (Å²) >= 11 is 0. The van der Waals surface area contributed by atoms with Gasteiger partial charge in [0.1, 0.15) is 5.75 Å². The van der Waals surface area contributed by atoms with Gasteiger partial charge in [-0.25, -0.2) is 0 Å². The minimum Gasteiger partial charge on any atom is -0.496 e. The standard InChI is InChI=1S/C13H20O4/c1-6-17-12-7-9(13(2,3)14)10(15-4)8-11(12)16-5/h7-8,14H,6H2,1-5H3. The molecule has 0 amide bonds. The van der Waals surface area contributed by atoms with Crippen molar-refractivity contribution in [2.45, 2.75) is 26.4 Å². The Balaban J connectivity index is 3.34. The van der Waals surface area contributed by atoms with E-state index >= 15 is 0 Å². The first-order chi connectivity index (χ1) is 7.93. The van der Waals surface area contributed by atoms with Gasteiger partial charge >= 0.3 is 0 Å². The molecule has 0 aliphatic carbocycles. The van der Waals surface area contributed by atoms with Gasteiger partial charge in [0.05, 0.1) is 26.4 Å². The van der Waals surface area contributed by atoms with Crippen molar-refractivity contribution in [3.63, 3.8) is 0 Å². The zero-order valence-corrected chi connectivity index (χ0v) is 11.0. The molecule has 4 nitrogen and oxygen atoms in total. The summed E-state index contributed by atoms with van der Waals surface area (Å²) in [5, 5.41) is 10.1. The molecule has 96 valence electrons. The minimum absolute atomic E-state index is 0.536. The van der Waals surface area contributed by atoms with Crippen molar-refractivity contribution in [1.29, 1.82) is 0 Å². The second kappa shape index (κ2) is 5.27. The summed E-state index contributed by atoms with van der Waals surface area (Å²) in [6.45, 7) is 5.83. The molecule has 0 bridgehead atoms. The fourth-order valence-corrected chi connectivity index (χ4v) is 1.62. The van der Waals surface area contributed by atoms with E-state index in [-0.39, 0.29) is 0 Å². The van der Waals surface area contributed by atoms with E-state index in [9.17, 15) is 5.11 Å². The van der Waals surface area contributed by atoms with Crippen LogP contribution < -0.4 is 14.2 Å². The number of methoxy groups -OCH3 is 2. The molecule has 0 aliphatic rings. The average Bonchev–Trinajstić information content (AvgIpc) is 2.27. The topological polar surface area (TPSA) is 47.9 Å². The van der Waals surface area contributed by atoms with E-state index < -0.39 is 5.60 Å². The Labute approximate surface area is 102 Å². The number of ether oxygens (including phenoxy) is 3. The molecule has 0 atom stereocenters. The lowest BCUT2D eigenvalue weighted by molar-refractivity contribution is 0.0751. The second-order valence-electron chi connectivity index (χ2n) is 4.20. The maximum atomic E-state index is 10.1. The summed E-state index contributed by atoms with van der Waals surface area (Å²) in [5.41, 5.74) is -0.326. The van der Waals surface area contributed by atoms with Crippen LogP contribution in [0.15, 0.2) is 12.1 Å². The molecule has 0 radical (unpaired) electrons. The lowest BCUT2D eigenvalue weighted by Gasteiger charge is -2.23. The lowest BCUT2D eigenvalue weighted by Crippen LogP contribution is -2.17. The number of rotatable bonds is 5. The molecule has 0 fully saturated rings. The lowest BCUT2D eigenvalue weighted by atomic mass is 9.96. The second-order valence-corrected chi connectivity index (χ2v) is 4.20. The maximum Gasteiger partial charge on any atom is 0.164 e. The van der Waals surface area contributed by atoms with E-state index in [1.165, 1.54) is 0 Å². The minimum atomic E-state index is -0.997. The normalized spacial score (nSPS) is 11.2. The molecular formula is C13H20O4. The predicted octanol–water partition coefficient (Wildman–Crippen LogP) is 2.33. The first-order valence-corrected chi connectivity index (χ1v) is 5.55. The number of hydrogen-bond donors (Lipinski definition) is 1. The van der Waals surface area contributed by atoms with Crippen molar-refractivity contribution in [1.82, 2.24) is 0 Å². The Morgan fingerprint density at radius 2 is 1.65 bits per heavy atom. The third kappa shape index (κ3) is 3.03. The summed E-state index contributed by atoms with van der Waals surface area (Å²) < 4.78 is 15.9. The van der Waals surface area contributed by atoms with Crippen LogP contribution in [-0.4, -0.2) is 25.9 Å². The highest BCUT2D eigenvalue weighted by Crippen LogP contribution is 2.39. The maximum absolute atomic E-state index is 10.1. The highest BCUT2D eigenvalue weighted by atomic mass is 16.5. The Bertz CT molecular complexity index is 380. The van der Waals surface area contributed by atoms with Crippen LogP contribution in [0.2, 0.25) is 0 Å². The third-order valence-corrected chi connectivity index (χ3v) is 2.44. The Hall–Kier alpha value is -1.42. The Morgan fingerprint density at radius 3 is 2.06 bits per heavy atom. The Morgan fingerprint density at radius 1 is 1.06 bits per heavy atom. The zero-order chi connectivity index (χ0) is 13.1. The molecule has 0 spiro atoms. The molecule has 1 rings (SSSR count). The van der Waals surface area contributed by atoms with E-state index in [0.29, 0.717) is 29.4 Å². The quantitative estimate of drug-likeness (QED) is 0.858. The van der Waals surface area contributed by atoms with Crippen molar-refractivity contribution >= 4 is 0 Å². The van der Waals surface area contributed by atoms with Crippen molar-refractivity contribution in [2.75, 3.05) is 20.8 Å². The number of aliphatic hydroxyl groups is 1. The number of benzene rings is 1. The van der Waals surface area contributed by atoms with Crippen LogP contribution in [0.25, 0.3) is 0 Å². The van der Waals surface area contributed by atoms with E-state index in [1.54, 1.807) is 40.2 Å². The Kier molecular flexibility index (Phi) is 4.23. The molecule has 0 aliphatic heterocycles. The molecule has 1 aromatic carbocycles. The zero-order valence-electron chi connectivity index (χ0n) is 11.0. The third-order valence-electron chi connectivity index (χ3n) is 2.44. The van der Waals surface area contributed by atoms with E-state index in [0.717, 1.165) is 0 Å². The molecule has 0 unspecified atom stereocenters. The van der Waals surface area contributed by atoms with Gasteiger partial charge in [-0.15, -0.1) is 0 Å². The molecule has 0 heterocycles. The summed E-state index contributed by atoms with van der Waals surface area (Å²) in [6.07, 6.45) is 0. The van der Waals surface area contributed by atoms with Gasteiger partial charge in [-0.2, -0.15) is 0 Å². The molecule has 0 saturated heterocycles. The molecule has 0 aromatic heterocycles. The van der Waals surface area contributed by atoms with Crippen molar-refractivity contribution < 1.29 is 19.3 Å². The molecular weight excluding hydrogens is 220 g/mol. The van der Waals surface area contributed by atoms with Crippen LogP contribution in [0.1, 0.15) is 26.3 Å². The molecule has 0 saturated carbocycles. The first kappa shape index (κ1) is 13.6. The van der Waals surface area contributed by atoms with Crippen LogP contribution in [0.3, 0.4) is 0 Å². The highest BCUT2D eigenvalue weighted by Gasteiger charge is 2.24. The van der Waals surface area contributed by atoms with Crippen LogP contribution >= 0.6 is 0 Å². The smallest absolute Gasteiger partial charge is 0.164 e. The largest absolute Gasteiger partial charge is 0.496 e. The summed E-state index contributed by atoms with van der Waals surface area (Å²) in [6, 6.07) is 3.47. The SMILES string of the molecule is CCOc1cc(C(C)(C)O)c(OC)cc1OC. The van der Waals surface area contributed by atoms with Gasteiger partial charge in [0, 0.05) is 11.6 Å². The predicted molar refractivity (Wildman–Crippen MR) is 66.0 cm³/mol.